The highest BCUT2D eigenvalue weighted by molar-refractivity contribution is 6.32. The number of fused-ring (bicyclic) bond motifs is 1. The molecule has 0 saturated carbocycles. The van der Waals surface area contributed by atoms with E-state index in [4.69, 9.17) is 4.74 Å². The van der Waals surface area contributed by atoms with Crippen molar-refractivity contribution < 1.29 is 19.1 Å². The molecule has 0 fully saturated rings. The van der Waals surface area contributed by atoms with Crippen LogP contribution in [0.1, 0.15) is 33.2 Å². The monoisotopic (exact) mass is 356 g/mol. The quantitative estimate of drug-likeness (QED) is 0.521. The van der Waals surface area contributed by atoms with E-state index < -0.39 is 23.1 Å². The minimum absolute atomic E-state index is 0.274. The molecule has 4 heteroatoms. The third-order valence-corrected chi connectivity index (χ3v) is 4.75. The largest absolute Gasteiger partial charge is 0.437 e. The van der Waals surface area contributed by atoms with E-state index >= 15 is 0 Å². The molecule has 0 bridgehead atoms. The maximum absolute atomic E-state index is 13.1. The third kappa shape index (κ3) is 2.57. The summed E-state index contributed by atoms with van der Waals surface area (Å²) in [5.74, 6) is -1.70. The zero-order valence-corrected chi connectivity index (χ0v) is 14.6. The summed E-state index contributed by atoms with van der Waals surface area (Å²) in [6.07, 6.45) is 0. The van der Waals surface area contributed by atoms with Gasteiger partial charge in [0.1, 0.15) is 0 Å². The van der Waals surface area contributed by atoms with Crippen molar-refractivity contribution in [3.8, 4) is 11.1 Å². The van der Waals surface area contributed by atoms with Crippen LogP contribution in [-0.2, 0) is 15.1 Å². The number of benzene rings is 3. The zero-order valence-electron chi connectivity index (χ0n) is 14.6. The lowest BCUT2D eigenvalue weighted by molar-refractivity contribution is -0.149. The van der Waals surface area contributed by atoms with Crippen LogP contribution < -0.4 is 0 Å². The third-order valence-electron chi connectivity index (χ3n) is 4.75. The number of hydrogen-bond acceptors (Lipinski definition) is 4. The maximum atomic E-state index is 13.1. The summed E-state index contributed by atoms with van der Waals surface area (Å²) in [5.41, 5.74) is 0.895. The van der Waals surface area contributed by atoms with Crippen LogP contribution in [0, 0.1) is 0 Å². The Morgan fingerprint density at radius 3 is 1.70 bits per heavy atom. The van der Waals surface area contributed by atoms with Gasteiger partial charge in [0.05, 0.1) is 0 Å². The Morgan fingerprint density at radius 1 is 0.704 bits per heavy atom. The van der Waals surface area contributed by atoms with Crippen molar-refractivity contribution >= 4 is 17.5 Å². The summed E-state index contributed by atoms with van der Waals surface area (Å²) >= 11 is 0. The van der Waals surface area contributed by atoms with E-state index in [-0.39, 0.29) is 11.1 Å². The SMILES string of the molecule is CC(=O)OC1(c2ccc(-c3ccccc3)cc2)C(=O)c2ccccc2C1=O. The fraction of sp³-hybridized carbons (Fsp3) is 0.0870. The van der Waals surface area contributed by atoms with Gasteiger partial charge in [-0.05, 0) is 11.1 Å². The van der Waals surface area contributed by atoms with Gasteiger partial charge in [-0.25, -0.2) is 0 Å². The number of hydrogen-bond donors (Lipinski definition) is 0. The molecule has 0 spiro atoms. The number of carbonyl (C=O) groups excluding carboxylic acids is 3. The van der Waals surface area contributed by atoms with E-state index in [2.05, 4.69) is 0 Å². The van der Waals surface area contributed by atoms with Gasteiger partial charge in [0.15, 0.2) is 0 Å². The van der Waals surface area contributed by atoms with E-state index in [0.717, 1.165) is 11.1 Å². The molecule has 3 aromatic carbocycles. The predicted octanol–water partition coefficient (Wildman–Crippen LogP) is 4.19. The highest BCUT2D eigenvalue weighted by Crippen LogP contribution is 2.41. The maximum Gasteiger partial charge on any atom is 0.304 e. The molecule has 132 valence electrons. The van der Waals surface area contributed by atoms with Crippen LogP contribution in [0.15, 0.2) is 78.9 Å². The first-order chi connectivity index (χ1) is 13.0. The number of carbonyl (C=O) groups is 3. The fourth-order valence-electron chi connectivity index (χ4n) is 3.52. The molecule has 3 aromatic rings. The van der Waals surface area contributed by atoms with Crippen molar-refractivity contribution in [3.63, 3.8) is 0 Å². The van der Waals surface area contributed by atoms with Gasteiger partial charge in [-0.3, -0.25) is 14.4 Å². The minimum atomic E-state index is -1.95. The average Bonchev–Trinajstić information content (AvgIpc) is 2.91. The number of esters is 1. The first kappa shape index (κ1) is 16.9. The van der Waals surface area contributed by atoms with Gasteiger partial charge in [0.2, 0.25) is 11.6 Å². The second-order valence-electron chi connectivity index (χ2n) is 6.42. The summed E-state index contributed by atoms with van der Waals surface area (Å²) in [6.45, 7) is 1.20. The van der Waals surface area contributed by atoms with Crippen molar-refractivity contribution in [1.29, 1.82) is 0 Å². The Hall–Kier alpha value is -3.53. The van der Waals surface area contributed by atoms with E-state index in [0.29, 0.717) is 5.56 Å². The summed E-state index contributed by atoms with van der Waals surface area (Å²) in [4.78, 5) is 38.0. The minimum Gasteiger partial charge on any atom is -0.437 e. The molecule has 0 N–H and O–H groups in total. The van der Waals surface area contributed by atoms with Crippen molar-refractivity contribution in [2.45, 2.75) is 12.5 Å². The van der Waals surface area contributed by atoms with Crippen LogP contribution in [0.2, 0.25) is 0 Å². The summed E-state index contributed by atoms with van der Waals surface area (Å²) in [6, 6.07) is 23.3. The smallest absolute Gasteiger partial charge is 0.304 e. The Kier molecular flexibility index (Phi) is 3.96. The number of ketones is 2. The van der Waals surface area contributed by atoms with Gasteiger partial charge in [0, 0.05) is 23.6 Å². The van der Waals surface area contributed by atoms with E-state index in [1.54, 1.807) is 36.4 Å². The second kappa shape index (κ2) is 6.32. The molecular weight excluding hydrogens is 340 g/mol. The Balaban J connectivity index is 1.84. The zero-order chi connectivity index (χ0) is 19.0. The van der Waals surface area contributed by atoms with Gasteiger partial charge < -0.3 is 4.74 Å². The average molecular weight is 356 g/mol. The molecule has 0 aliphatic heterocycles. The molecule has 0 saturated heterocycles. The van der Waals surface area contributed by atoms with Crippen LogP contribution in [0.5, 0.6) is 0 Å². The van der Waals surface area contributed by atoms with Crippen LogP contribution in [0.25, 0.3) is 11.1 Å². The van der Waals surface area contributed by atoms with E-state index in [1.165, 1.54) is 6.92 Å². The van der Waals surface area contributed by atoms with Crippen molar-refractivity contribution in [3.05, 3.63) is 95.6 Å². The Labute approximate surface area is 156 Å². The lowest BCUT2D eigenvalue weighted by atomic mass is 9.87. The molecule has 0 aromatic heterocycles. The molecule has 1 aliphatic rings. The molecule has 27 heavy (non-hydrogen) atoms. The topological polar surface area (TPSA) is 60.4 Å². The molecule has 0 radical (unpaired) electrons. The summed E-state index contributed by atoms with van der Waals surface area (Å²) in [5, 5.41) is 0. The molecule has 1 aliphatic carbocycles. The first-order valence-electron chi connectivity index (χ1n) is 8.58. The van der Waals surface area contributed by atoms with Crippen molar-refractivity contribution in [1.82, 2.24) is 0 Å². The van der Waals surface area contributed by atoms with Crippen molar-refractivity contribution in [2.24, 2.45) is 0 Å². The van der Waals surface area contributed by atoms with Gasteiger partial charge in [-0.2, -0.15) is 0 Å². The highest BCUT2D eigenvalue weighted by Gasteiger charge is 2.57. The van der Waals surface area contributed by atoms with E-state index in [9.17, 15) is 14.4 Å². The normalized spacial score (nSPS) is 14.7. The van der Waals surface area contributed by atoms with Crippen LogP contribution in [0.3, 0.4) is 0 Å². The lowest BCUT2D eigenvalue weighted by Gasteiger charge is -2.26. The summed E-state index contributed by atoms with van der Waals surface area (Å²) in [7, 11) is 0. The van der Waals surface area contributed by atoms with Gasteiger partial charge in [0.25, 0.3) is 5.60 Å². The number of rotatable bonds is 3. The molecule has 0 heterocycles. The van der Waals surface area contributed by atoms with Gasteiger partial charge in [-0.15, -0.1) is 0 Å². The lowest BCUT2D eigenvalue weighted by Crippen LogP contribution is -2.42. The van der Waals surface area contributed by atoms with Gasteiger partial charge >= 0.3 is 5.97 Å². The van der Waals surface area contributed by atoms with Crippen molar-refractivity contribution in [2.75, 3.05) is 0 Å². The van der Waals surface area contributed by atoms with Crippen LogP contribution in [-0.4, -0.2) is 17.5 Å². The van der Waals surface area contributed by atoms with Crippen LogP contribution >= 0.6 is 0 Å². The molecular formula is C23H16O4. The van der Waals surface area contributed by atoms with E-state index in [1.807, 2.05) is 42.5 Å². The predicted molar refractivity (Wildman–Crippen MR) is 100 cm³/mol. The number of Topliss-reactive ketones (excluding diaryl/α,β-unsaturated/α-hetero) is 2. The standard InChI is InChI=1S/C23H16O4/c1-15(24)27-23(21(25)19-9-5-6-10-20(19)22(23)26)18-13-11-17(12-14-18)16-7-3-2-4-8-16/h2-14H,1H3. The first-order valence-corrected chi connectivity index (χ1v) is 8.58. The molecule has 0 atom stereocenters. The highest BCUT2D eigenvalue weighted by atomic mass is 16.6. The molecule has 0 amide bonds. The summed E-state index contributed by atoms with van der Waals surface area (Å²) < 4.78 is 5.40. The molecule has 0 unspecified atom stereocenters. The fourth-order valence-corrected chi connectivity index (χ4v) is 3.52. The Bertz CT molecular complexity index is 1010. The molecule has 4 rings (SSSR count). The Morgan fingerprint density at radius 2 is 1.19 bits per heavy atom. The van der Waals surface area contributed by atoms with Crippen LogP contribution in [0.4, 0.5) is 0 Å². The second-order valence-corrected chi connectivity index (χ2v) is 6.42. The van der Waals surface area contributed by atoms with Gasteiger partial charge in [-0.1, -0.05) is 78.9 Å². The number of ether oxygens (including phenoxy) is 1. The molecule has 4 nitrogen and oxygen atoms in total.